The Hall–Kier alpha value is -2.48. The molecule has 0 aliphatic carbocycles. The number of hydrogen-bond donors (Lipinski definition) is 2. The molecule has 2 aromatic rings. The Morgan fingerprint density at radius 3 is 2.52 bits per heavy atom. The Kier molecular flexibility index (Phi) is 4.98. The lowest BCUT2D eigenvalue weighted by Gasteiger charge is -2.24. The first-order chi connectivity index (χ1) is 12.1. The summed E-state index contributed by atoms with van der Waals surface area (Å²) in [6.07, 6.45) is 2.14. The van der Waals surface area contributed by atoms with Gasteiger partial charge in [-0.3, -0.25) is 14.2 Å². The predicted octanol–water partition coefficient (Wildman–Crippen LogP) is 1.13. The standard InChI is InChI=1S/C18H21N3O4/c1-24-18(25-2)11-15(19-12-18)17(23)20-13-6-8-14(9-7-13)21-10-4-3-5-16(21)22/h3-10,15,19H,11-12H2,1-2H3,(H,20,23)/t15-/m1/s1. The minimum atomic E-state index is -0.764. The van der Waals surface area contributed by atoms with Gasteiger partial charge in [-0.15, -0.1) is 0 Å². The van der Waals surface area contributed by atoms with E-state index in [0.717, 1.165) is 5.69 Å². The molecule has 1 atom stereocenters. The Balaban J connectivity index is 1.67. The van der Waals surface area contributed by atoms with Crippen LogP contribution in [-0.4, -0.2) is 43.1 Å². The number of rotatable bonds is 5. The van der Waals surface area contributed by atoms with Crippen molar-refractivity contribution in [1.82, 2.24) is 9.88 Å². The van der Waals surface area contributed by atoms with Crippen LogP contribution in [0, 0.1) is 0 Å². The lowest BCUT2D eigenvalue weighted by Crippen LogP contribution is -2.35. The third-order valence-corrected chi connectivity index (χ3v) is 4.43. The maximum absolute atomic E-state index is 12.4. The van der Waals surface area contributed by atoms with E-state index in [2.05, 4.69) is 10.6 Å². The number of pyridine rings is 1. The number of benzene rings is 1. The monoisotopic (exact) mass is 343 g/mol. The van der Waals surface area contributed by atoms with Gasteiger partial charge in [-0.2, -0.15) is 0 Å². The van der Waals surface area contributed by atoms with Crippen LogP contribution in [0.5, 0.6) is 0 Å². The molecule has 1 amide bonds. The molecule has 1 aromatic carbocycles. The Labute approximate surface area is 145 Å². The van der Waals surface area contributed by atoms with Crippen molar-refractivity contribution < 1.29 is 14.3 Å². The van der Waals surface area contributed by atoms with E-state index in [9.17, 15) is 9.59 Å². The van der Waals surface area contributed by atoms with Crippen molar-refractivity contribution in [1.29, 1.82) is 0 Å². The first kappa shape index (κ1) is 17.3. The van der Waals surface area contributed by atoms with E-state index in [1.807, 2.05) is 0 Å². The highest BCUT2D eigenvalue weighted by atomic mass is 16.7. The highest BCUT2D eigenvalue weighted by molar-refractivity contribution is 5.95. The molecular weight excluding hydrogens is 322 g/mol. The van der Waals surface area contributed by atoms with Crippen molar-refractivity contribution in [2.45, 2.75) is 18.2 Å². The van der Waals surface area contributed by atoms with Crippen LogP contribution in [-0.2, 0) is 14.3 Å². The van der Waals surface area contributed by atoms with Crippen LogP contribution in [0.4, 0.5) is 5.69 Å². The molecule has 2 N–H and O–H groups in total. The number of carbonyl (C=O) groups excluding carboxylic acids is 1. The largest absolute Gasteiger partial charge is 0.352 e. The van der Waals surface area contributed by atoms with E-state index in [-0.39, 0.29) is 11.5 Å². The molecule has 25 heavy (non-hydrogen) atoms. The SMILES string of the molecule is COC1(OC)CN[C@@H](C(=O)Nc2ccc(-n3ccccc3=O)cc2)C1. The second kappa shape index (κ2) is 7.18. The number of aromatic nitrogens is 1. The van der Waals surface area contributed by atoms with Gasteiger partial charge in [-0.1, -0.05) is 6.07 Å². The zero-order chi connectivity index (χ0) is 17.9. The Morgan fingerprint density at radius 2 is 1.92 bits per heavy atom. The van der Waals surface area contributed by atoms with E-state index in [0.29, 0.717) is 18.7 Å². The van der Waals surface area contributed by atoms with Crippen LogP contribution in [0.15, 0.2) is 53.5 Å². The fraction of sp³-hybridized carbons (Fsp3) is 0.333. The van der Waals surface area contributed by atoms with E-state index < -0.39 is 11.8 Å². The van der Waals surface area contributed by atoms with Gasteiger partial charge in [0, 0.05) is 44.3 Å². The van der Waals surface area contributed by atoms with Crippen LogP contribution in [0.2, 0.25) is 0 Å². The lowest BCUT2D eigenvalue weighted by atomic mass is 10.1. The highest BCUT2D eigenvalue weighted by Gasteiger charge is 2.42. The van der Waals surface area contributed by atoms with Crippen LogP contribution in [0.25, 0.3) is 5.69 Å². The predicted molar refractivity (Wildman–Crippen MR) is 93.8 cm³/mol. The van der Waals surface area contributed by atoms with E-state index in [1.54, 1.807) is 56.8 Å². The summed E-state index contributed by atoms with van der Waals surface area (Å²) in [7, 11) is 3.13. The molecule has 0 spiro atoms. The van der Waals surface area contributed by atoms with Crippen molar-refractivity contribution in [3.05, 3.63) is 59.0 Å². The van der Waals surface area contributed by atoms with Gasteiger partial charge in [-0.05, 0) is 30.3 Å². The number of carbonyl (C=O) groups is 1. The maximum Gasteiger partial charge on any atom is 0.255 e. The van der Waals surface area contributed by atoms with Crippen LogP contribution in [0.3, 0.4) is 0 Å². The highest BCUT2D eigenvalue weighted by Crippen LogP contribution is 2.24. The molecule has 1 saturated heterocycles. The first-order valence-corrected chi connectivity index (χ1v) is 7.99. The second-order valence-corrected chi connectivity index (χ2v) is 5.90. The molecule has 0 unspecified atom stereocenters. The summed E-state index contributed by atoms with van der Waals surface area (Å²) in [6, 6.07) is 11.7. The minimum Gasteiger partial charge on any atom is -0.352 e. The topological polar surface area (TPSA) is 81.6 Å². The van der Waals surface area contributed by atoms with Gasteiger partial charge in [0.15, 0.2) is 5.79 Å². The number of methoxy groups -OCH3 is 2. The summed E-state index contributed by atoms with van der Waals surface area (Å²) in [5.74, 6) is -0.916. The second-order valence-electron chi connectivity index (χ2n) is 5.90. The normalized spacial score (nSPS) is 18.9. The molecule has 2 heterocycles. The van der Waals surface area contributed by atoms with E-state index >= 15 is 0 Å². The Bertz CT molecular complexity index is 796. The number of ether oxygens (including phenoxy) is 2. The average molecular weight is 343 g/mol. The Morgan fingerprint density at radius 1 is 1.20 bits per heavy atom. The number of nitrogens with zero attached hydrogens (tertiary/aromatic N) is 1. The zero-order valence-corrected chi connectivity index (χ0v) is 14.2. The third-order valence-electron chi connectivity index (χ3n) is 4.43. The van der Waals surface area contributed by atoms with Gasteiger partial charge in [-0.25, -0.2) is 0 Å². The first-order valence-electron chi connectivity index (χ1n) is 7.99. The van der Waals surface area contributed by atoms with Crippen molar-refractivity contribution in [2.75, 3.05) is 26.1 Å². The molecule has 132 valence electrons. The quantitative estimate of drug-likeness (QED) is 0.796. The van der Waals surface area contributed by atoms with E-state index in [4.69, 9.17) is 9.47 Å². The summed E-state index contributed by atoms with van der Waals surface area (Å²) in [5, 5.41) is 5.97. The fourth-order valence-electron chi connectivity index (χ4n) is 2.89. The van der Waals surface area contributed by atoms with E-state index in [1.165, 1.54) is 10.6 Å². The number of anilines is 1. The summed E-state index contributed by atoms with van der Waals surface area (Å²) in [4.78, 5) is 24.2. The molecule has 7 nitrogen and oxygen atoms in total. The van der Waals surface area contributed by atoms with Crippen molar-refractivity contribution in [3.63, 3.8) is 0 Å². The fourth-order valence-corrected chi connectivity index (χ4v) is 2.89. The maximum atomic E-state index is 12.4. The lowest BCUT2D eigenvalue weighted by molar-refractivity contribution is -0.192. The summed E-state index contributed by atoms with van der Waals surface area (Å²) >= 11 is 0. The van der Waals surface area contributed by atoms with Crippen molar-refractivity contribution in [2.24, 2.45) is 0 Å². The summed E-state index contributed by atoms with van der Waals surface area (Å²) in [5.41, 5.74) is 1.29. The van der Waals surface area contributed by atoms with Gasteiger partial charge >= 0.3 is 0 Å². The molecule has 7 heteroatoms. The van der Waals surface area contributed by atoms with Crippen LogP contribution < -0.4 is 16.2 Å². The van der Waals surface area contributed by atoms with Gasteiger partial charge in [0.25, 0.3) is 5.56 Å². The molecule has 0 radical (unpaired) electrons. The number of hydrogen-bond acceptors (Lipinski definition) is 5. The third kappa shape index (κ3) is 3.63. The molecule has 3 rings (SSSR count). The summed E-state index contributed by atoms with van der Waals surface area (Å²) < 4.78 is 12.3. The van der Waals surface area contributed by atoms with Crippen molar-refractivity contribution >= 4 is 11.6 Å². The van der Waals surface area contributed by atoms with Gasteiger partial charge in [0.1, 0.15) is 0 Å². The zero-order valence-electron chi connectivity index (χ0n) is 14.2. The van der Waals surface area contributed by atoms with Crippen LogP contribution in [0.1, 0.15) is 6.42 Å². The average Bonchev–Trinajstić information content (AvgIpc) is 3.08. The van der Waals surface area contributed by atoms with Crippen LogP contribution >= 0.6 is 0 Å². The summed E-state index contributed by atoms with van der Waals surface area (Å²) in [6.45, 7) is 0.452. The van der Waals surface area contributed by atoms with Crippen molar-refractivity contribution in [3.8, 4) is 5.69 Å². The molecule has 1 aromatic heterocycles. The molecule has 0 saturated carbocycles. The minimum absolute atomic E-state index is 0.107. The van der Waals surface area contributed by atoms with Gasteiger partial charge in [0.05, 0.1) is 12.6 Å². The van der Waals surface area contributed by atoms with Gasteiger partial charge < -0.3 is 20.1 Å². The molecular formula is C18H21N3O4. The molecule has 1 fully saturated rings. The molecule has 1 aliphatic heterocycles. The smallest absolute Gasteiger partial charge is 0.255 e. The van der Waals surface area contributed by atoms with Gasteiger partial charge in [0.2, 0.25) is 5.91 Å². The molecule has 0 bridgehead atoms. The molecule has 1 aliphatic rings. The number of amides is 1. The number of nitrogens with one attached hydrogen (secondary N) is 2.